The second-order valence-electron chi connectivity index (χ2n) is 10.8. The summed E-state index contributed by atoms with van der Waals surface area (Å²) in [6.07, 6.45) is 0.113. The molecule has 0 radical (unpaired) electrons. The van der Waals surface area contributed by atoms with Gasteiger partial charge in [-0.1, -0.05) is 18.2 Å². The van der Waals surface area contributed by atoms with E-state index in [2.05, 4.69) is 20.3 Å². The Morgan fingerprint density at radius 2 is 1.87 bits per heavy atom. The lowest BCUT2D eigenvalue weighted by Crippen LogP contribution is -2.51. The first-order valence-corrected chi connectivity index (χ1v) is 13.4. The van der Waals surface area contributed by atoms with Crippen LogP contribution in [0, 0.1) is 5.41 Å². The van der Waals surface area contributed by atoms with Gasteiger partial charge in [0.15, 0.2) is 23.0 Å². The van der Waals surface area contributed by atoms with Crippen LogP contribution in [0.2, 0.25) is 0 Å². The molecule has 1 atom stereocenters. The molecule has 2 aliphatic rings. The molecular formula is C25H32F3N7O3S. The van der Waals surface area contributed by atoms with Gasteiger partial charge in [0.1, 0.15) is 10.6 Å². The Hall–Kier alpha value is -3.29. The predicted molar refractivity (Wildman–Crippen MR) is 139 cm³/mol. The number of ether oxygens (including phenoxy) is 1. The molecule has 1 saturated carbocycles. The number of nitrogen functional groups attached to an aromatic ring is 1. The molecule has 212 valence electrons. The summed E-state index contributed by atoms with van der Waals surface area (Å²) in [6, 6.07) is 2.57. The Morgan fingerprint density at radius 3 is 2.49 bits per heavy atom. The minimum Gasteiger partial charge on any atom is -0.444 e. The van der Waals surface area contributed by atoms with E-state index in [1.807, 2.05) is 25.7 Å². The molecule has 2 aromatic rings. The van der Waals surface area contributed by atoms with E-state index < -0.39 is 29.5 Å². The molecule has 10 nitrogen and oxygen atoms in total. The lowest BCUT2D eigenvalue weighted by molar-refractivity contribution is -0.143. The maximum absolute atomic E-state index is 13.4. The number of carbonyl (C=O) groups is 2. The van der Waals surface area contributed by atoms with Gasteiger partial charge in [-0.2, -0.15) is 13.2 Å². The van der Waals surface area contributed by atoms with E-state index >= 15 is 0 Å². The molecular weight excluding hydrogens is 535 g/mol. The Morgan fingerprint density at radius 1 is 1.18 bits per heavy atom. The standard InChI is InChI=1S/C25H32F3N7O3S/c1-23(2,3)38-22(37)32-15-7-4-8-24(15)9-12-35(13-10-24)20-16(19(30)36)33-21(18(29)34-20)39-14-6-5-11-31-17(14)25(26,27)28/h5-6,11,15H,4,7-10,12-13H2,1-3H3,(H2,29,34)(H2,30,36)(H,32,37)/t15-/m1/s1. The number of aromatic nitrogens is 3. The fraction of sp³-hybridized carbons (Fsp3) is 0.560. The number of primary amides is 1. The van der Waals surface area contributed by atoms with E-state index in [0.717, 1.165) is 25.5 Å². The summed E-state index contributed by atoms with van der Waals surface area (Å²) in [5.74, 6) is -0.800. The Labute approximate surface area is 228 Å². The number of nitrogens with two attached hydrogens (primary N) is 2. The fourth-order valence-electron chi connectivity index (χ4n) is 5.25. The number of alkyl halides is 3. The summed E-state index contributed by atoms with van der Waals surface area (Å²) < 4.78 is 45.7. The van der Waals surface area contributed by atoms with E-state index in [1.165, 1.54) is 12.1 Å². The normalized spacial score (nSPS) is 19.2. The molecule has 1 spiro atoms. The predicted octanol–water partition coefficient (Wildman–Crippen LogP) is 4.39. The Kier molecular flexibility index (Phi) is 7.88. The van der Waals surface area contributed by atoms with Gasteiger partial charge in [0.2, 0.25) is 0 Å². The van der Waals surface area contributed by atoms with Gasteiger partial charge >= 0.3 is 12.3 Å². The van der Waals surface area contributed by atoms with Crippen LogP contribution in [0.25, 0.3) is 0 Å². The van der Waals surface area contributed by atoms with Crippen molar-refractivity contribution in [2.75, 3.05) is 23.7 Å². The molecule has 0 unspecified atom stereocenters. The minimum absolute atomic E-state index is 0.0395. The van der Waals surface area contributed by atoms with Crippen LogP contribution in [0.1, 0.15) is 69.1 Å². The zero-order valence-corrected chi connectivity index (χ0v) is 22.8. The van der Waals surface area contributed by atoms with Crippen LogP contribution in [-0.2, 0) is 10.9 Å². The highest BCUT2D eigenvalue weighted by molar-refractivity contribution is 7.99. The molecule has 14 heteroatoms. The monoisotopic (exact) mass is 567 g/mol. The first kappa shape index (κ1) is 28.7. The number of anilines is 2. The smallest absolute Gasteiger partial charge is 0.434 e. The van der Waals surface area contributed by atoms with Crippen LogP contribution in [-0.4, -0.2) is 51.7 Å². The molecule has 5 N–H and O–H groups in total. The maximum atomic E-state index is 13.4. The summed E-state index contributed by atoms with van der Waals surface area (Å²) >= 11 is 0.620. The third-order valence-corrected chi connectivity index (χ3v) is 8.05. The molecule has 2 aromatic heterocycles. The van der Waals surface area contributed by atoms with E-state index in [1.54, 1.807) is 0 Å². The molecule has 4 rings (SSSR count). The molecule has 3 heterocycles. The van der Waals surface area contributed by atoms with Crippen LogP contribution >= 0.6 is 11.8 Å². The lowest BCUT2D eigenvalue weighted by atomic mass is 9.74. The molecule has 1 aliphatic heterocycles. The van der Waals surface area contributed by atoms with Crippen molar-refractivity contribution in [3.8, 4) is 0 Å². The highest BCUT2D eigenvalue weighted by Gasteiger charge is 2.46. The highest BCUT2D eigenvalue weighted by Crippen LogP contribution is 2.47. The van der Waals surface area contributed by atoms with E-state index in [0.29, 0.717) is 37.7 Å². The zero-order valence-electron chi connectivity index (χ0n) is 22.0. The molecule has 2 amide bonds. The number of nitrogens with zero attached hydrogens (tertiary/aromatic N) is 4. The number of amides is 2. The van der Waals surface area contributed by atoms with Gasteiger partial charge in [-0.25, -0.2) is 14.8 Å². The molecule has 39 heavy (non-hydrogen) atoms. The average molecular weight is 568 g/mol. The number of hydrogen-bond acceptors (Lipinski definition) is 9. The van der Waals surface area contributed by atoms with Crippen molar-refractivity contribution >= 4 is 35.4 Å². The van der Waals surface area contributed by atoms with Gasteiger partial charge in [0, 0.05) is 30.2 Å². The van der Waals surface area contributed by atoms with E-state index in [9.17, 15) is 22.8 Å². The number of rotatable bonds is 5. The highest BCUT2D eigenvalue weighted by atomic mass is 32.2. The largest absolute Gasteiger partial charge is 0.444 e. The second kappa shape index (κ2) is 10.7. The van der Waals surface area contributed by atoms with Crippen molar-refractivity contribution in [1.29, 1.82) is 0 Å². The number of alkyl carbamates (subject to hydrolysis) is 1. The summed E-state index contributed by atoms with van der Waals surface area (Å²) in [7, 11) is 0. The summed E-state index contributed by atoms with van der Waals surface area (Å²) in [6.45, 7) is 6.46. The van der Waals surface area contributed by atoms with Crippen LogP contribution in [0.4, 0.5) is 29.6 Å². The van der Waals surface area contributed by atoms with Crippen molar-refractivity contribution in [2.45, 2.75) is 80.6 Å². The van der Waals surface area contributed by atoms with Crippen LogP contribution < -0.4 is 21.7 Å². The van der Waals surface area contributed by atoms with Gasteiger partial charge < -0.3 is 26.4 Å². The molecule has 0 aromatic carbocycles. The summed E-state index contributed by atoms with van der Waals surface area (Å²) in [4.78, 5) is 38.4. The van der Waals surface area contributed by atoms with Gasteiger partial charge in [-0.15, -0.1) is 0 Å². The third-order valence-electron chi connectivity index (χ3n) is 7.01. The second-order valence-corrected chi connectivity index (χ2v) is 11.9. The van der Waals surface area contributed by atoms with Crippen molar-refractivity contribution in [2.24, 2.45) is 11.1 Å². The van der Waals surface area contributed by atoms with Gasteiger partial charge in [0.25, 0.3) is 5.91 Å². The van der Waals surface area contributed by atoms with Crippen molar-refractivity contribution in [3.63, 3.8) is 0 Å². The van der Waals surface area contributed by atoms with Crippen molar-refractivity contribution in [3.05, 3.63) is 29.7 Å². The molecule has 0 bridgehead atoms. The molecule has 1 saturated heterocycles. The van der Waals surface area contributed by atoms with E-state index in [4.69, 9.17) is 16.2 Å². The SMILES string of the molecule is CC(C)(C)OC(=O)N[C@@H]1CCCC12CCN(c1nc(N)c(Sc3cccnc3C(F)(F)F)nc1C(N)=O)CC2. The maximum Gasteiger partial charge on any atom is 0.434 e. The average Bonchev–Trinajstić information content (AvgIpc) is 3.20. The molecule has 1 aliphatic carbocycles. The number of nitrogens with one attached hydrogen (secondary N) is 1. The van der Waals surface area contributed by atoms with Crippen LogP contribution in [0.3, 0.4) is 0 Å². The number of hydrogen-bond donors (Lipinski definition) is 3. The van der Waals surface area contributed by atoms with Crippen molar-refractivity contribution < 1.29 is 27.5 Å². The zero-order chi connectivity index (χ0) is 28.6. The number of halogens is 3. The van der Waals surface area contributed by atoms with E-state index in [-0.39, 0.29) is 38.7 Å². The molecule has 2 fully saturated rings. The van der Waals surface area contributed by atoms with Gasteiger partial charge in [0.05, 0.1) is 0 Å². The lowest BCUT2D eigenvalue weighted by Gasteiger charge is -2.44. The van der Waals surface area contributed by atoms with Crippen molar-refractivity contribution in [1.82, 2.24) is 20.3 Å². The Balaban J connectivity index is 1.53. The quantitative estimate of drug-likeness (QED) is 0.478. The number of carbonyl (C=O) groups excluding carboxylic acids is 2. The Bertz CT molecular complexity index is 1240. The third kappa shape index (κ3) is 6.48. The number of pyridine rings is 1. The first-order chi connectivity index (χ1) is 18.2. The minimum atomic E-state index is -4.68. The summed E-state index contributed by atoms with van der Waals surface area (Å²) in [5, 5.41) is 2.97. The summed E-state index contributed by atoms with van der Waals surface area (Å²) in [5.41, 5.74) is 9.73. The van der Waals surface area contributed by atoms with Gasteiger partial charge in [-0.3, -0.25) is 9.78 Å². The topological polar surface area (TPSA) is 149 Å². The van der Waals surface area contributed by atoms with Crippen LogP contribution in [0.5, 0.6) is 0 Å². The van der Waals surface area contributed by atoms with Crippen LogP contribution in [0.15, 0.2) is 28.3 Å². The first-order valence-electron chi connectivity index (χ1n) is 12.6. The fourth-order valence-corrected chi connectivity index (χ4v) is 6.16. The number of piperidine rings is 1. The van der Waals surface area contributed by atoms with Gasteiger partial charge in [-0.05, 0) is 64.0 Å².